The summed E-state index contributed by atoms with van der Waals surface area (Å²) in [5.74, 6) is 0.902. The van der Waals surface area contributed by atoms with Crippen molar-refractivity contribution in [2.24, 2.45) is 0 Å². The van der Waals surface area contributed by atoms with Crippen LogP contribution in [0.2, 0.25) is 0 Å². The van der Waals surface area contributed by atoms with Crippen LogP contribution in [0.25, 0.3) is 21.7 Å². The van der Waals surface area contributed by atoms with Crippen LogP contribution < -0.4 is 10.4 Å². The zero-order valence-electron chi connectivity index (χ0n) is 12.1. The Balaban J connectivity index is 2.55. The fourth-order valence-corrected chi connectivity index (χ4v) is 2.64. The van der Waals surface area contributed by atoms with Gasteiger partial charge in [-0.25, -0.2) is 4.79 Å². The summed E-state index contributed by atoms with van der Waals surface area (Å²) in [5, 5.41) is 12.0. The largest absolute Gasteiger partial charge is 0.508 e. The lowest BCUT2D eigenvalue weighted by molar-refractivity contribution is 0.415. The minimum atomic E-state index is -0.434. The number of aromatic hydroxyl groups is 1. The molecule has 0 spiro atoms. The van der Waals surface area contributed by atoms with Gasteiger partial charge in [-0.3, -0.25) is 0 Å². The highest BCUT2D eigenvalue weighted by Crippen LogP contribution is 2.34. The van der Waals surface area contributed by atoms with Crippen LogP contribution in [-0.4, -0.2) is 12.2 Å². The standard InChI is InChI=1S/C17H16O4/c1-9(2)13-6-10(18)7-15-16(13)12-5-4-11(20-3)8-14(12)17(19)21-15/h4-9,18H,1-3H3. The first kappa shape index (κ1) is 13.5. The molecule has 21 heavy (non-hydrogen) atoms. The van der Waals surface area contributed by atoms with E-state index < -0.39 is 5.63 Å². The Morgan fingerprint density at radius 1 is 1.14 bits per heavy atom. The molecule has 2 aromatic carbocycles. The molecule has 3 rings (SSSR count). The van der Waals surface area contributed by atoms with Gasteiger partial charge in [-0.1, -0.05) is 13.8 Å². The lowest BCUT2D eigenvalue weighted by atomic mass is 9.95. The van der Waals surface area contributed by atoms with E-state index in [2.05, 4.69) is 0 Å². The number of rotatable bonds is 2. The number of phenolic OH excluding ortho intramolecular Hbond substituents is 1. The zero-order chi connectivity index (χ0) is 15.1. The third kappa shape index (κ3) is 2.13. The maximum Gasteiger partial charge on any atom is 0.344 e. The van der Waals surface area contributed by atoms with Gasteiger partial charge in [0.1, 0.15) is 17.1 Å². The summed E-state index contributed by atoms with van der Waals surface area (Å²) in [5.41, 5.74) is 0.919. The first-order chi connectivity index (χ1) is 10.0. The summed E-state index contributed by atoms with van der Waals surface area (Å²) in [6.45, 7) is 4.07. The van der Waals surface area contributed by atoms with E-state index in [0.717, 1.165) is 16.3 Å². The molecule has 4 heteroatoms. The second kappa shape index (κ2) is 4.81. The third-order valence-electron chi connectivity index (χ3n) is 3.66. The van der Waals surface area contributed by atoms with Gasteiger partial charge in [0.05, 0.1) is 12.5 Å². The molecule has 1 N–H and O–H groups in total. The molecule has 1 aromatic heterocycles. The Kier molecular flexibility index (Phi) is 3.09. The second-order valence-corrected chi connectivity index (χ2v) is 5.36. The van der Waals surface area contributed by atoms with Crippen molar-refractivity contribution in [3.05, 3.63) is 46.3 Å². The normalized spacial score (nSPS) is 11.4. The van der Waals surface area contributed by atoms with E-state index >= 15 is 0 Å². The molecule has 0 aliphatic rings. The summed E-state index contributed by atoms with van der Waals surface area (Å²) in [6, 6.07) is 8.55. The molecular weight excluding hydrogens is 268 g/mol. The van der Waals surface area contributed by atoms with Gasteiger partial charge in [-0.15, -0.1) is 0 Å². The Hall–Kier alpha value is -2.49. The summed E-state index contributed by atoms with van der Waals surface area (Å²) in [6.07, 6.45) is 0. The van der Waals surface area contributed by atoms with Crippen molar-refractivity contribution < 1.29 is 14.3 Å². The highest BCUT2D eigenvalue weighted by molar-refractivity contribution is 6.07. The zero-order valence-corrected chi connectivity index (χ0v) is 12.1. The van der Waals surface area contributed by atoms with Crippen LogP contribution in [0.3, 0.4) is 0 Å². The number of methoxy groups -OCH3 is 1. The van der Waals surface area contributed by atoms with E-state index in [1.165, 1.54) is 6.07 Å². The first-order valence-electron chi connectivity index (χ1n) is 6.78. The van der Waals surface area contributed by atoms with Gasteiger partial charge in [-0.05, 0) is 35.7 Å². The quantitative estimate of drug-likeness (QED) is 0.574. The van der Waals surface area contributed by atoms with Crippen molar-refractivity contribution in [3.63, 3.8) is 0 Å². The molecule has 3 aromatic rings. The Morgan fingerprint density at radius 3 is 2.57 bits per heavy atom. The van der Waals surface area contributed by atoms with Gasteiger partial charge in [0.2, 0.25) is 0 Å². The Morgan fingerprint density at radius 2 is 1.90 bits per heavy atom. The molecule has 4 nitrogen and oxygen atoms in total. The van der Waals surface area contributed by atoms with Crippen LogP contribution in [-0.2, 0) is 0 Å². The molecule has 0 fully saturated rings. The summed E-state index contributed by atoms with van der Waals surface area (Å²) in [4.78, 5) is 12.1. The minimum absolute atomic E-state index is 0.0993. The van der Waals surface area contributed by atoms with E-state index in [4.69, 9.17) is 9.15 Å². The number of hydrogen-bond acceptors (Lipinski definition) is 4. The van der Waals surface area contributed by atoms with Crippen LogP contribution in [0.1, 0.15) is 25.3 Å². The predicted molar refractivity (Wildman–Crippen MR) is 82.3 cm³/mol. The molecule has 0 aliphatic carbocycles. The third-order valence-corrected chi connectivity index (χ3v) is 3.66. The Bertz CT molecular complexity index is 891. The molecule has 0 aliphatic heterocycles. The monoisotopic (exact) mass is 284 g/mol. The fourth-order valence-electron chi connectivity index (χ4n) is 2.64. The van der Waals surface area contributed by atoms with Crippen molar-refractivity contribution in [1.82, 2.24) is 0 Å². The average molecular weight is 284 g/mol. The van der Waals surface area contributed by atoms with Gasteiger partial charge in [-0.2, -0.15) is 0 Å². The molecule has 0 saturated carbocycles. The van der Waals surface area contributed by atoms with Crippen LogP contribution in [0, 0.1) is 0 Å². The highest BCUT2D eigenvalue weighted by atomic mass is 16.5. The molecule has 0 atom stereocenters. The minimum Gasteiger partial charge on any atom is -0.508 e. The SMILES string of the molecule is COc1ccc2c(c1)c(=O)oc1cc(O)cc(C(C)C)c12. The molecule has 0 radical (unpaired) electrons. The van der Waals surface area contributed by atoms with Crippen molar-refractivity contribution in [3.8, 4) is 11.5 Å². The van der Waals surface area contributed by atoms with E-state index in [-0.39, 0.29) is 11.7 Å². The summed E-state index contributed by atoms with van der Waals surface area (Å²) >= 11 is 0. The molecule has 0 unspecified atom stereocenters. The van der Waals surface area contributed by atoms with E-state index in [1.54, 1.807) is 19.2 Å². The van der Waals surface area contributed by atoms with Crippen LogP contribution in [0.5, 0.6) is 11.5 Å². The maximum absolute atomic E-state index is 12.1. The molecular formula is C17H16O4. The molecule has 108 valence electrons. The molecule has 0 bridgehead atoms. The van der Waals surface area contributed by atoms with Gasteiger partial charge in [0, 0.05) is 16.8 Å². The van der Waals surface area contributed by atoms with Gasteiger partial charge in [0.25, 0.3) is 0 Å². The van der Waals surface area contributed by atoms with E-state index in [9.17, 15) is 9.90 Å². The van der Waals surface area contributed by atoms with E-state index in [1.807, 2.05) is 26.0 Å². The van der Waals surface area contributed by atoms with Crippen molar-refractivity contribution in [1.29, 1.82) is 0 Å². The lowest BCUT2D eigenvalue weighted by Gasteiger charge is -2.12. The summed E-state index contributed by atoms with van der Waals surface area (Å²) < 4.78 is 10.5. The molecule has 1 heterocycles. The maximum atomic E-state index is 12.1. The smallest absolute Gasteiger partial charge is 0.344 e. The van der Waals surface area contributed by atoms with Gasteiger partial charge >= 0.3 is 5.63 Å². The number of ether oxygens (including phenoxy) is 1. The van der Waals surface area contributed by atoms with Crippen molar-refractivity contribution in [2.45, 2.75) is 19.8 Å². The number of hydrogen-bond donors (Lipinski definition) is 1. The Labute approximate surface area is 121 Å². The highest BCUT2D eigenvalue weighted by Gasteiger charge is 2.15. The van der Waals surface area contributed by atoms with Gasteiger partial charge < -0.3 is 14.3 Å². The van der Waals surface area contributed by atoms with Crippen LogP contribution >= 0.6 is 0 Å². The van der Waals surface area contributed by atoms with Crippen molar-refractivity contribution >= 4 is 21.7 Å². The number of benzene rings is 2. The van der Waals surface area contributed by atoms with Gasteiger partial charge in [0.15, 0.2) is 0 Å². The first-order valence-corrected chi connectivity index (χ1v) is 6.78. The van der Waals surface area contributed by atoms with Crippen LogP contribution in [0.15, 0.2) is 39.5 Å². The summed E-state index contributed by atoms with van der Waals surface area (Å²) in [7, 11) is 1.56. The number of fused-ring (bicyclic) bond motifs is 3. The van der Waals surface area contributed by atoms with Crippen LogP contribution in [0.4, 0.5) is 0 Å². The average Bonchev–Trinajstić information content (AvgIpc) is 2.45. The number of phenols is 1. The topological polar surface area (TPSA) is 59.7 Å². The lowest BCUT2D eigenvalue weighted by Crippen LogP contribution is -2.02. The fraction of sp³-hybridized carbons (Fsp3) is 0.235. The second-order valence-electron chi connectivity index (χ2n) is 5.36. The predicted octanol–water partition coefficient (Wildman–Crippen LogP) is 3.78. The molecule has 0 saturated heterocycles. The van der Waals surface area contributed by atoms with E-state index in [0.29, 0.717) is 16.7 Å². The molecule has 0 amide bonds. The van der Waals surface area contributed by atoms with Crippen molar-refractivity contribution in [2.75, 3.05) is 7.11 Å².